The van der Waals surface area contributed by atoms with E-state index in [0.717, 1.165) is 6.42 Å². The van der Waals surface area contributed by atoms with Crippen molar-refractivity contribution in [1.82, 2.24) is 0 Å². The van der Waals surface area contributed by atoms with Crippen LogP contribution in [0.25, 0.3) is 17.2 Å². The summed E-state index contributed by atoms with van der Waals surface area (Å²) in [5.41, 5.74) is 7.20. The third kappa shape index (κ3) is 1.99. The number of hydrogen-bond donors (Lipinski definition) is 0. The lowest BCUT2D eigenvalue weighted by atomic mass is 9.97. The quantitative estimate of drug-likeness (QED) is 0.693. The van der Waals surface area contributed by atoms with Gasteiger partial charge in [-0.1, -0.05) is 73.5 Å². The van der Waals surface area contributed by atoms with Crippen LogP contribution in [-0.4, -0.2) is 0 Å². The van der Waals surface area contributed by atoms with Crippen LogP contribution in [0.4, 0.5) is 0 Å². The first-order valence-corrected chi connectivity index (χ1v) is 6.75. The molecule has 0 fully saturated rings. The smallest absolute Gasteiger partial charge is 0.00576 e. The zero-order valence-corrected chi connectivity index (χ0v) is 10.8. The highest BCUT2D eigenvalue weighted by Crippen LogP contribution is 2.35. The summed E-state index contributed by atoms with van der Waals surface area (Å²) >= 11 is 0. The van der Waals surface area contributed by atoms with Gasteiger partial charge in [-0.15, -0.1) is 0 Å². The Balaban J connectivity index is 2.06. The summed E-state index contributed by atoms with van der Waals surface area (Å²) in [7, 11) is 0. The van der Waals surface area contributed by atoms with Crippen LogP contribution in [-0.2, 0) is 6.42 Å². The zero-order valence-electron chi connectivity index (χ0n) is 10.8. The van der Waals surface area contributed by atoms with E-state index < -0.39 is 0 Å². The molecule has 0 nitrogen and oxygen atoms in total. The molecule has 0 heterocycles. The van der Waals surface area contributed by atoms with Crippen molar-refractivity contribution in [2.45, 2.75) is 26.2 Å². The summed E-state index contributed by atoms with van der Waals surface area (Å²) in [5, 5.41) is 0. The highest BCUT2D eigenvalue weighted by Gasteiger charge is 2.15. The van der Waals surface area contributed by atoms with Gasteiger partial charge in [-0.05, 0) is 35.1 Å². The lowest BCUT2D eigenvalue weighted by molar-refractivity contribution is 0.886. The van der Waals surface area contributed by atoms with E-state index in [0.29, 0.717) is 0 Å². The predicted octanol–water partition coefficient (Wildman–Crippen LogP) is 5.09. The molecule has 0 radical (unpaired) electrons. The van der Waals surface area contributed by atoms with Crippen molar-refractivity contribution in [1.29, 1.82) is 0 Å². The van der Waals surface area contributed by atoms with Crippen LogP contribution < -0.4 is 0 Å². The van der Waals surface area contributed by atoms with Crippen LogP contribution in [0.5, 0.6) is 0 Å². The van der Waals surface area contributed by atoms with Crippen LogP contribution in [0.2, 0.25) is 0 Å². The van der Waals surface area contributed by atoms with E-state index in [2.05, 4.69) is 61.5 Å². The molecule has 90 valence electrons. The van der Waals surface area contributed by atoms with E-state index in [1.807, 2.05) is 0 Å². The third-order valence-electron chi connectivity index (χ3n) is 3.62. The maximum Gasteiger partial charge on any atom is -0.00576 e. The average molecular weight is 234 g/mol. The van der Waals surface area contributed by atoms with Crippen molar-refractivity contribution >= 4 is 6.08 Å². The molecule has 18 heavy (non-hydrogen) atoms. The molecule has 0 saturated heterocycles. The maximum atomic E-state index is 2.40. The Morgan fingerprint density at radius 3 is 2.56 bits per heavy atom. The van der Waals surface area contributed by atoms with Gasteiger partial charge in [0.25, 0.3) is 0 Å². The molecule has 0 aromatic heterocycles. The molecule has 0 spiro atoms. The Kier molecular flexibility index (Phi) is 3.02. The predicted molar refractivity (Wildman–Crippen MR) is 78.5 cm³/mol. The van der Waals surface area contributed by atoms with Gasteiger partial charge in [0.05, 0.1) is 0 Å². The highest BCUT2D eigenvalue weighted by molar-refractivity contribution is 5.80. The summed E-state index contributed by atoms with van der Waals surface area (Å²) in [4.78, 5) is 0. The van der Waals surface area contributed by atoms with Crippen molar-refractivity contribution in [3.05, 3.63) is 65.2 Å². The second-order valence-electron chi connectivity index (χ2n) is 4.97. The van der Waals surface area contributed by atoms with Crippen LogP contribution in [0.1, 0.15) is 30.9 Å². The van der Waals surface area contributed by atoms with E-state index >= 15 is 0 Å². The molecule has 0 bridgehead atoms. The van der Waals surface area contributed by atoms with Crippen molar-refractivity contribution in [3.8, 4) is 11.1 Å². The topological polar surface area (TPSA) is 0 Å². The maximum absolute atomic E-state index is 2.40. The van der Waals surface area contributed by atoms with Crippen molar-refractivity contribution in [2.24, 2.45) is 0 Å². The Bertz CT molecular complexity index is 576. The first kappa shape index (κ1) is 11.3. The molecule has 0 unspecified atom stereocenters. The molecule has 2 aromatic rings. The fraction of sp³-hybridized carbons (Fsp3) is 0.222. The van der Waals surface area contributed by atoms with E-state index in [1.54, 1.807) is 5.57 Å². The molecule has 2 aromatic carbocycles. The zero-order chi connectivity index (χ0) is 12.4. The molecular formula is C18H18. The summed E-state index contributed by atoms with van der Waals surface area (Å²) in [6.07, 6.45) is 6.01. The largest absolute Gasteiger partial charge is 0.0652 e. The van der Waals surface area contributed by atoms with Crippen LogP contribution in [0.15, 0.2) is 54.1 Å². The second-order valence-corrected chi connectivity index (χ2v) is 4.97. The van der Waals surface area contributed by atoms with E-state index in [1.165, 1.54) is 35.1 Å². The first-order chi connectivity index (χ1) is 8.88. The fourth-order valence-electron chi connectivity index (χ4n) is 2.79. The molecular weight excluding hydrogens is 216 g/mol. The molecule has 0 N–H and O–H groups in total. The Labute approximate surface area is 109 Å². The van der Waals surface area contributed by atoms with Crippen molar-refractivity contribution in [2.75, 3.05) is 0 Å². The molecule has 0 aliphatic heterocycles. The number of benzene rings is 2. The number of hydrogen-bond acceptors (Lipinski definition) is 0. The first-order valence-electron chi connectivity index (χ1n) is 6.75. The third-order valence-corrected chi connectivity index (χ3v) is 3.62. The number of allylic oxidation sites excluding steroid dienone is 1. The van der Waals surface area contributed by atoms with Crippen LogP contribution in [0.3, 0.4) is 0 Å². The monoisotopic (exact) mass is 234 g/mol. The van der Waals surface area contributed by atoms with E-state index in [-0.39, 0.29) is 0 Å². The van der Waals surface area contributed by atoms with Gasteiger partial charge in [0.15, 0.2) is 0 Å². The molecule has 0 amide bonds. The number of fused-ring (bicyclic) bond motifs is 1. The van der Waals surface area contributed by atoms with Gasteiger partial charge in [0.1, 0.15) is 0 Å². The SMILES string of the molecule is CCCC1=Cc2c(cccc2-c2ccccc2)C1. The van der Waals surface area contributed by atoms with Gasteiger partial charge < -0.3 is 0 Å². The summed E-state index contributed by atoms with van der Waals surface area (Å²) in [6, 6.07) is 17.4. The molecule has 0 saturated carbocycles. The van der Waals surface area contributed by atoms with Gasteiger partial charge in [-0.3, -0.25) is 0 Å². The lowest BCUT2D eigenvalue weighted by Gasteiger charge is -2.07. The van der Waals surface area contributed by atoms with Gasteiger partial charge in [0, 0.05) is 0 Å². The molecule has 0 atom stereocenters. The normalized spacial score (nSPS) is 13.3. The second kappa shape index (κ2) is 4.81. The minimum absolute atomic E-state index is 1.14. The molecule has 0 heteroatoms. The van der Waals surface area contributed by atoms with Crippen LogP contribution >= 0.6 is 0 Å². The summed E-state index contributed by atoms with van der Waals surface area (Å²) in [5.74, 6) is 0. The Morgan fingerprint density at radius 1 is 0.944 bits per heavy atom. The van der Waals surface area contributed by atoms with Gasteiger partial charge in [0.2, 0.25) is 0 Å². The summed E-state index contributed by atoms with van der Waals surface area (Å²) < 4.78 is 0. The van der Waals surface area contributed by atoms with Gasteiger partial charge in [-0.25, -0.2) is 0 Å². The van der Waals surface area contributed by atoms with Crippen LogP contribution in [0, 0.1) is 0 Å². The number of rotatable bonds is 3. The van der Waals surface area contributed by atoms with Gasteiger partial charge in [-0.2, -0.15) is 0 Å². The van der Waals surface area contributed by atoms with Crippen molar-refractivity contribution < 1.29 is 0 Å². The lowest BCUT2D eigenvalue weighted by Crippen LogP contribution is -1.87. The van der Waals surface area contributed by atoms with Crippen molar-refractivity contribution in [3.63, 3.8) is 0 Å². The highest BCUT2D eigenvalue weighted by atomic mass is 14.2. The van der Waals surface area contributed by atoms with E-state index in [9.17, 15) is 0 Å². The molecule has 3 rings (SSSR count). The molecule has 1 aliphatic rings. The average Bonchev–Trinajstić information content (AvgIpc) is 2.82. The Morgan fingerprint density at radius 2 is 1.78 bits per heavy atom. The minimum atomic E-state index is 1.14. The van der Waals surface area contributed by atoms with E-state index in [4.69, 9.17) is 0 Å². The van der Waals surface area contributed by atoms with Gasteiger partial charge >= 0.3 is 0 Å². The standard InChI is InChI=1S/C18H18/c1-2-7-14-12-16-10-6-11-17(18(16)13-14)15-8-4-3-5-9-15/h3-6,8-11,13H,2,7,12H2,1H3. The summed E-state index contributed by atoms with van der Waals surface area (Å²) in [6.45, 7) is 2.25. The fourth-order valence-corrected chi connectivity index (χ4v) is 2.79. The Hall–Kier alpha value is -1.82. The minimum Gasteiger partial charge on any atom is -0.0652 e. The molecule has 1 aliphatic carbocycles.